The van der Waals surface area contributed by atoms with Crippen LogP contribution in [-0.4, -0.2) is 14.8 Å². The quantitative estimate of drug-likeness (QED) is 0.760. The van der Waals surface area contributed by atoms with Gasteiger partial charge >= 0.3 is 7.82 Å². The van der Waals surface area contributed by atoms with Crippen molar-refractivity contribution < 1.29 is 18.9 Å². The molecule has 2 N–H and O–H groups in total. The van der Waals surface area contributed by atoms with Gasteiger partial charge in [-0.05, 0) is 12.1 Å². The summed E-state index contributed by atoms with van der Waals surface area (Å²) in [6.07, 6.45) is 0. The van der Waals surface area contributed by atoms with Gasteiger partial charge in [0.15, 0.2) is 0 Å². The maximum Gasteiger partial charge on any atom is 0.526 e. The van der Waals surface area contributed by atoms with Crippen LogP contribution in [0.1, 0.15) is 0 Å². The largest absolute Gasteiger partial charge is 0.526 e. The molecule has 1 heterocycles. The Bertz CT molecular complexity index is 536. The fraction of sp³-hybridized carbons (Fsp3) is 0. The Hall–Kier alpha value is -1.42. The minimum atomic E-state index is -4.53. The molecule has 0 fully saturated rings. The average Bonchev–Trinajstić information content (AvgIpc) is 2.15. The Morgan fingerprint density at radius 3 is 2.60 bits per heavy atom. The minimum Gasteiger partial charge on any atom is -0.386 e. The van der Waals surface area contributed by atoms with Gasteiger partial charge in [-0.1, -0.05) is 18.2 Å². The third-order valence-corrected chi connectivity index (χ3v) is 2.21. The van der Waals surface area contributed by atoms with Gasteiger partial charge in [0.1, 0.15) is 0 Å². The Morgan fingerprint density at radius 1 is 1.13 bits per heavy atom. The lowest BCUT2D eigenvalue weighted by atomic mass is 10.2. The summed E-state index contributed by atoms with van der Waals surface area (Å²) in [6.45, 7) is 0. The summed E-state index contributed by atoms with van der Waals surface area (Å²) in [5.74, 6) is -0.0815. The second-order valence-electron chi connectivity index (χ2n) is 2.92. The van der Waals surface area contributed by atoms with E-state index in [0.29, 0.717) is 5.52 Å². The summed E-state index contributed by atoms with van der Waals surface area (Å²) < 4.78 is 14.9. The van der Waals surface area contributed by atoms with Gasteiger partial charge in [-0.2, -0.15) is 0 Å². The number of hydrogen-bond donors (Lipinski definition) is 2. The van der Waals surface area contributed by atoms with Crippen molar-refractivity contribution in [1.82, 2.24) is 4.98 Å². The van der Waals surface area contributed by atoms with Crippen LogP contribution in [0.2, 0.25) is 0 Å². The predicted molar refractivity (Wildman–Crippen MR) is 54.4 cm³/mol. The highest BCUT2D eigenvalue weighted by molar-refractivity contribution is 7.46. The number of nitrogens with zero attached hydrogens (tertiary/aromatic N) is 1. The zero-order chi connectivity index (χ0) is 10.9. The molecule has 1 aromatic carbocycles. The lowest BCUT2D eigenvalue weighted by Crippen LogP contribution is -1.92. The zero-order valence-corrected chi connectivity index (χ0v) is 8.46. The Kier molecular flexibility index (Phi) is 2.44. The molecule has 2 rings (SSSR count). The number of phosphoric ester groups is 1. The molecular formula is C9H8NO4P. The molecule has 5 nitrogen and oxygen atoms in total. The smallest absolute Gasteiger partial charge is 0.386 e. The van der Waals surface area contributed by atoms with Crippen LogP contribution < -0.4 is 4.52 Å². The molecule has 15 heavy (non-hydrogen) atoms. The van der Waals surface area contributed by atoms with E-state index in [9.17, 15) is 4.57 Å². The van der Waals surface area contributed by atoms with E-state index < -0.39 is 7.82 Å². The van der Waals surface area contributed by atoms with Gasteiger partial charge in [-0.25, -0.2) is 9.55 Å². The number of benzene rings is 1. The zero-order valence-electron chi connectivity index (χ0n) is 7.57. The molecule has 6 heteroatoms. The van der Waals surface area contributed by atoms with Crippen LogP contribution in [0, 0.1) is 0 Å². The third-order valence-electron chi connectivity index (χ3n) is 1.79. The van der Waals surface area contributed by atoms with Crippen molar-refractivity contribution >= 4 is 18.7 Å². The van der Waals surface area contributed by atoms with E-state index in [1.165, 1.54) is 6.07 Å². The van der Waals surface area contributed by atoms with E-state index in [1.807, 2.05) is 12.1 Å². The summed E-state index contributed by atoms with van der Waals surface area (Å²) in [6, 6.07) is 10.3. The van der Waals surface area contributed by atoms with Crippen molar-refractivity contribution in [3.63, 3.8) is 0 Å². The molecule has 0 aliphatic rings. The monoisotopic (exact) mass is 225 g/mol. The first-order valence-electron chi connectivity index (χ1n) is 4.15. The first-order valence-corrected chi connectivity index (χ1v) is 5.68. The van der Waals surface area contributed by atoms with Crippen LogP contribution in [0.15, 0.2) is 36.4 Å². The number of aromatic nitrogens is 1. The molecule has 2 aromatic rings. The van der Waals surface area contributed by atoms with Crippen LogP contribution in [0.5, 0.6) is 5.88 Å². The molecule has 0 unspecified atom stereocenters. The van der Waals surface area contributed by atoms with Crippen LogP contribution >= 0.6 is 7.82 Å². The second kappa shape index (κ2) is 3.62. The highest BCUT2D eigenvalue weighted by atomic mass is 31.2. The summed E-state index contributed by atoms with van der Waals surface area (Å²) in [7, 11) is -4.53. The molecule has 0 radical (unpaired) electrons. The maximum atomic E-state index is 10.6. The van der Waals surface area contributed by atoms with Gasteiger partial charge in [-0.15, -0.1) is 0 Å². The van der Waals surface area contributed by atoms with Crippen molar-refractivity contribution in [2.45, 2.75) is 0 Å². The number of rotatable bonds is 2. The van der Waals surface area contributed by atoms with E-state index in [-0.39, 0.29) is 5.88 Å². The van der Waals surface area contributed by atoms with Gasteiger partial charge in [0, 0.05) is 11.5 Å². The number of phosphoric acid groups is 1. The van der Waals surface area contributed by atoms with Crippen molar-refractivity contribution in [2.24, 2.45) is 0 Å². The van der Waals surface area contributed by atoms with E-state index in [1.54, 1.807) is 18.2 Å². The Labute approximate surface area is 85.6 Å². The summed E-state index contributed by atoms with van der Waals surface area (Å²) in [4.78, 5) is 21.1. The van der Waals surface area contributed by atoms with Crippen molar-refractivity contribution in [2.75, 3.05) is 0 Å². The van der Waals surface area contributed by atoms with Crippen LogP contribution in [0.25, 0.3) is 10.9 Å². The lowest BCUT2D eigenvalue weighted by Gasteiger charge is -2.05. The maximum absolute atomic E-state index is 10.6. The van der Waals surface area contributed by atoms with Gasteiger partial charge in [0.2, 0.25) is 5.88 Å². The molecule has 0 saturated carbocycles. The van der Waals surface area contributed by atoms with Gasteiger partial charge in [0.25, 0.3) is 0 Å². The van der Waals surface area contributed by atoms with Gasteiger partial charge in [-0.3, -0.25) is 9.79 Å². The molecule has 0 bridgehead atoms. The topological polar surface area (TPSA) is 79.7 Å². The first-order chi connectivity index (χ1) is 7.04. The molecule has 0 spiro atoms. The highest BCUT2D eigenvalue weighted by Gasteiger charge is 2.16. The molecule has 0 aliphatic carbocycles. The Morgan fingerprint density at radius 2 is 1.87 bits per heavy atom. The molecule has 78 valence electrons. The van der Waals surface area contributed by atoms with Crippen molar-refractivity contribution in [3.05, 3.63) is 36.4 Å². The van der Waals surface area contributed by atoms with Gasteiger partial charge < -0.3 is 4.52 Å². The van der Waals surface area contributed by atoms with Crippen molar-refractivity contribution in [3.8, 4) is 5.88 Å². The second-order valence-corrected chi connectivity index (χ2v) is 4.09. The number of para-hydroxylation sites is 1. The van der Waals surface area contributed by atoms with Crippen LogP contribution in [0.4, 0.5) is 0 Å². The summed E-state index contributed by atoms with van der Waals surface area (Å²) in [5, 5.41) is 0.885. The molecular weight excluding hydrogens is 217 g/mol. The van der Waals surface area contributed by atoms with Gasteiger partial charge in [0.05, 0.1) is 5.52 Å². The van der Waals surface area contributed by atoms with E-state index >= 15 is 0 Å². The number of pyridine rings is 1. The number of hydrogen-bond acceptors (Lipinski definition) is 3. The van der Waals surface area contributed by atoms with E-state index in [2.05, 4.69) is 9.51 Å². The fourth-order valence-corrected chi connectivity index (χ4v) is 1.57. The molecule has 0 amide bonds. The van der Waals surface area contributed by atoms with Crippen LogP contribution in [0.3, 0.4) is 0 Å². The van der Waals surface area contributed by atoms with Crippen molar-refractivity contribution in [1.29, 1.82) is 0 Å². The molecule has 0 atom stereocenters. The highest BCUT2D eigenvalue weighted by Crippen LogP contribution is 2.36. The summed E-state index contributed by atoms with van der Waals surface area (Å²) in [5.41, 5.74) is 0.628. The number of fused-ring (bicyclic) bond motifs is 1. The molecule has 0 saturated heterocycles. The molecule has 1 aromatic heterocycles. The SMILES string of the molecule is O=P(O)(O)Oc1ccc2ccccc2n1. The standard InChI is InChI=1S/C9H8NO4P/c11-15(12,13)14-9-6-5-7-3-1-2-4-8(7)10-9/h1-6H,(H2,11,12,13). The summed E-state index contributed by atoms with van der Waals surface area (Å²) >= 11 is 0. The fourth-order valence-electron chi connectivity index (χ4n) is 1.22. The lowest BCUT2D eigenvalue weighted by molar-refractivity contribution is 0.280. The Balaban J connectivity index is 2.43. The first kappa shape index (κ1) is 10.1. The molecule has 0 aliphatic heterocycles. The third kappa shape index (κ3) is 2.53. The predicted octanol–water partition coefficient (Wildman–Crippen LogP) is 1.71. The van der Waals surface area contributed by atoms with E-state index in [0.717, 1.165) is 5.39 Å². The minimum absolute atomic E-state index is 0.0815. The van der Waals surface area contributed by atoms with E-state index in [4.69, 9.17) is 9.79 Å². The normalized spacial score (nSPS) is 11.6. The van der Waals surface area contributed by atoms with Crippen LogP contribution in [-0.2, 0) is 4.57 Å². The average molecular weight is 225 g/mol.